The van der Waals surface area contributed by atoms with E-state index in [1.165, 1.54) is 18.2 Å². The first-order valence-corrected chi connectivity index (χ1v) is 15.1. The minimum atomic E-state index is -4.77. The molecule has 0 saturated heterocycles. The number of hydrogen-bond donors (Lipinski definition) is 1. The van der Waals surface area contributed by atoms with E-state index in [-0.39, 0.29) is 23.5 Å². The van der Waals surface area contributed by atoms with E-state index in [9.17, 15) is 52.7 Å². The third kappa shape index (κ3) is 7.83. The summed E-state index contributed by atoms with van der Waals surface area (Å²) in [5.74, 6) is -1.51. The van der Waals surface area contributed by atoms with Crippen LogP contribution in [0.2, 0.25) is 0 Å². The van der Waals surface area contributed by atoms with Crippen LogP contribution < -0.4 is 15.0 Å². The molecule has 6 nitrogen and oxygen atoms in total. The van der Waals surface area contributed by atoms with Gasteiger partial charge in [-0.1, -0.05) is 12.1 Å². The van der Waals surface area contributed by atoms with Gasteiger partial charge in [0.25, 0.3) is 5.91 Å². The van der Waals surface area contributed by atoms with Crippen molar-refractivity contribution in [2.45, 2.75) is 49.3 Å². The summed E-state index contributed by atoms with van der Waals surface area (Å²) in [5, 5.41) is 2.91. The maximum atomic E-state index is 13.2. The van der Waals surface area contributed by atoms with E-state index in [0.717, 1.165) is 66.1 Å². The van der Waals surface area contributed by atoms with Gasteiger partial charge in [-0.3, -0.25) is 4.79 Å². The largest absolute Gasteiger partial charge is 0.480 e. The Labute approximate surface area is 251 Å². The van der Waals surface area contributed by atoms with Crippen molar-refractivity contribution in [2.24, 2.45) is 0 Å². The van der Waals surface area contributed by atoms with Gasteiger partial charge in [0.2, 0.25) is 0 Å². The number of benzene rings is 3. The highest BCUT2D eigenvalue weighted by Gasteiger charge is 2.40. The van der Waals surface area contributed by atoms with Gasteiger partial charge in [0, 0.05) is 30.7 Å². The maximum Gasteiger partial charge on any atom is 0.425 e. The van der Waals surface area contributed by atoms with Gasteiger partial charge in [0.1, 0.15) is 5.75 Å². The molecule has 3 aromatic carbocycles. The number of hydrogen-bond acceptors (Lipinski definition) is 5. The molecule has 0 saturated carbocycles. The van der Waals surface area contributed by atoms with Crippen LogP contribution in [0.25, 0.3) is 0 Å². The summed E-state index contributed by atoms with van der Waals surface area (Å²) >= 11 is 0. The highest BCUT2D eigenvalue weighted by molar-refractivity contribution is 7.90. The van der Waals surface area contributed by atoms with Crippen LogP contribution >= 0.6 is 0 Å². The van der Waals surface area contributed by atoms with Gasteiger partial charge in [-0.15, -0.1) is 0 Å². The summed E-state index contributed by atoms with van der Waals surface area (Å²) in [6, 6.07) is 9.49. The van der Waals surface area contributed by atoms with E-state index in [4.69, 9.17) is 4.74 Å². The monoisotopic (exact) mass is 668 g/mol. The Hall–Kier alpha value is -3.95. The summed E-state index contributed by atoms with van der Waals surface area (Å²) < 4.78 is 144. The number of sulfone groups is 1. The molecule has 0 aromatic heterocycles. The molecule has 0 spiro atoms. The van der Waals surface area contributed by atoms with E-state index in [1.54, 1.807) is 0 Å². The molecule has 0 radical (unpaired) electrons. The summed E-state index contributed by atoms with van der Waals surface area (Å²) in [7, 11) is -3.84. The zero-order valence-electron chi connectivity index (χ0n) is 23.5. The van der Waals surface area contributed by atoms with Gasteiger partial charge >= 0.3 is 18.5 Å². The number of nitrogens with one attached hydrogen (secondary N) is 1. The standard InChI is InChI=1S/C20H17F6NO4S.C9H8F3N/c1-11(19(21,22)23)31-17-6-5-14(32(2,29)30)10-15(17)18(28)27-8-7-12-3-4-13(9-16(12)27)20(24,25)26;10-9(11,12)7-2-1-6-3-4-13-8(6)5-7/h3-6,9-11H,7-8H2,1-2H3;1-2,5,13H,3-4H2/t11-;/m0./s1. The minimum absolute atomic E-state index is 0.0349. The number of carbonyl (C=O) groups excluding carboxylic acids is 1. The van der Waals surface area contributed by atoms with E-state index in [0.29, 0.717) is 18.2 Å². The van der Waals surface area contributed by atoms with Crippen LogP contribution in [0.5, 0.6) is 5.75 Å². The number of nitrogens with zero attached hydrogens (tertiary/aromatic N) is 1. The molecule has 5 rings (SSSR count). The molecule has 2 aliphatic rings. The fourth-order valence-corrected chi connectivity index (χ4v) is 5.29. The molecule has 0 aliphatic carbocycles. The lowest BCUT2D eigenvalue weighted by atomic mass is 10.1. The zero-order valence-corrected chi connectivity index (χ0v) is 24.3. The summed E-state index contributed by atoms with van der Waals surface area (Å²) in [5.41, 5.74) is -0.109. The smallest absolute Gasteiger partial charge is 0.425 e. The van der Waals surface area contributed by atoms with Crippen molar-refractivity contribution in [2.75, 3.05) is 29.6 Å². The van der Waals surface area contributed by atoms with Crippen LogP contribution in [0, 0.1) is 0 Å². The zero-order chi connectivity index (χ0) is 33.5. The molecule has 2 heterocycles. The molecule has 45 heavy (non-hydrogen) atoms. The van der Waals surface area contributed by atoms with Crippen molar-refractivity contribution in [3.05, 3.63) is 82.4 Å². The van der Waals surface area contributed by atoms with Crippen LogP contribution in [-0.4, -0.2) is 46.0 Å². The minimum Gasteiger partial charge on any atom is -0.480 e. The Morgan fingerprint density at radius 3 is 2.02 bits per heavy atom. The second-order valence-corrected chi connectivity index (χ2v) is 12.3. The second-order valence-electron chi connectivity index (χ2n) is 10.3. The second kappa shape index (κ2) is 12.1. The lowest BCUT2D eigenvalue weighted by Gasteiger charge is -2.23. The van der Waals surface area contributed by atoms with Gasteiger partial charge in [0.15, 0.2) is 15.9 Å². The van der Waals surface area contributed by atoms with Gasteiger partial charge in [0.05, 0.1) is 21.6 Å². The molecule has 1 atom stereocenters. The number of fused-ring (bicyclic) bond motifs is 2. The fraction of sp³-hybridized carbons (Fsp3) is 0.345. The number of anilines is 2. The molecule has 16 heteroatoms. The molecule has 0 fully saturated rings. The number of alkyl halides is 9. The SMILES string of the molecule is C[C@H](Oc1ccc(S(C)(=O)=O)cc1C(=O)N1CCc2ccc(C(F)(F)F)cc21)C(F)(F)F.FC(F)(F)c1ccc2c(c1)NCC2. The Kier molecular flexibility index (Phi) is 9.12. The number of rotatable bonds is 4. The highest BCUT2D eigenvalue weighted by atomic mass is 32.2. The number of ether oxygens (including phenoxy) is 1. The molecule has 1 amide bonds. The molecule has 1 N–H and O–H groups in total. The van der Waals surface area contributed by atoms with Crippen molar-refractivity contribution < 1.29 is 57.5 Å². The van der Waals surface area contributed by atoms with Crippen LogP contribution in [-0.2, 0) is 35.0 Å². The number of carbonyl (C=O) groups is 1. The Bertz CT molecular complexity index is 1700. The lowest BCUT2D eigenvalue weighted by Crippen LogP contribution is -2.33. The van der Waals surface area contributed by atoms with Gasteiger partial charge < -0.3 is 15.0 Å². The average Bonchev–Trinajstić information content (AvgIpc) is 3.57. The van der Waals surface area contributed by atoms with Crippen LogP contribution in [0.1, 0.15) is 39.5 Å². The first-order valence-electron chi connectivity index (χ1n) is 13.2. The van der Waals surface area contributed by atoms with Crippen LogP contribution in [0.15, 0.2) is 59.5 Å². The first-order chi connectivity index (χ1) is 20.7. The van der Waals surface area contributed by atoms with Gasteiger partial charge in [-0.05, 0) is 73.4 Å². The summed E-state index contributed by atoms with van der Waals surface area (Å²) in [6.45, 7) is 1.41. The van der Waals surface area contributed by atoms with E-state index >= 15 is 0 Å². The molecule has 0 unspecified atom stereocenters. The molecule has 2 aliphatic heterocycles. The summed E-state index contributed by atoms with van der Waals surface area (Å²) in [4.78, 5) is 13.8. The van der Waals surface area contributed by atoms with Crippen molar-refractivity contribution in [1.29, 1.82) is 0 Å². The Morgan fingerprint density at radius 1 is 0.844 bits per heavy atom. The topological polar surface area (TPSA) is 75.7 Å². The molecule has 0 bridgehead atoms. The third-order valence-electron chi connectivity index (χ3n) is 7.07. The summed E-state index contributed by atoms with van der Waals surface area (Å²) in [6.07, 6.45) is -14.1. The predicted octanol–water partition coefficient (Wildman–Crippen LogP) is 7.31. The first kappa shape index (κ1) is 33.9. The highest BCUT2D eigenvalue weighted by Crippen LogP contribution is 2.38. The third-order valence-corrected chi connectivity index (χ3v) is 8.18. The van der Waals surface area contributed by atoms with Crippen molar-refractivity contribution in [3.63, 3.8) is 0 Å². The normalized spacial score (nSPS) is 15.4. The van der Waals surface area contributed by atoms with Gasteiger partial charge in [-0.2, -0.15) is 39.5 Å². The fourth-order valence-electron chi connectivity index (χ4n) is 4.65. The lowest BCUT2D eigenvalue weighted by molar-refractivity contribution is -0.189. The van der Waals surface area contributed by atoms with E-state index < -0.39 is 62.8 Å². The molecular formula is C29H25F9N2O4S. The Balaban J connectivity index is 0.000000293. The van der Waals surface area contributed by atoms with Crippen LogP contribution in [0.4, 0.5) is 50.9 Å². The quantitative estimate of drug-likeness (QED) is 0.295. The molecule has 3 aromatic rings. The number of amides is 1. The van der Waals surface area contributed by atoms with E-state index in [1.807, 2.05) is 0 Å². The Morgan fingerprint density at radius 2 is 1.44 bits per heavy atom. The van der Waals surface area contributed by atoms with Crippen molar-refractivity contribution in [3.8, 4) is 5.75 Å². The van der Waals surface area contributed by atoms with Crippen molar-refractivity contribution in [1.82, 2.24) is 0 Å². The molecule has 244 valence electrons. The maximum absolute atomic E-state index is 13.2. The van der Waals surface area contributed by atoms with E-state index in [2.05, 4.69) is 5.32 Å². The molecular weight excluding hydrogens is 643 g/mol. The number of halogens is 9. The average molecular weight is 669 g/mol. The predicted molar refractivity (Wildman–Crippen MR) is 146 cm³/mol. The van der Waals surface area contributed by atoms with Crippen molar-refractivity contribution >= 4 is 27.1 Å². The van der Waals surface area contributed by atoms with Gasteiger partial charge in [-0.25, -0.2) is 8.42 Å². The van der Waals surface area contributed by atoms with Crippen LogP contribution in [0.3, 0.4) is 0 Å².